The lowest BCUT2D eigenvalue weighted by Gasteiger charge is -2.12. The molecule has 0 saturated heterocycles. The predicted octanol–water partition coefficient (Wildman–Crippen LogP) is 2.55. The second-order valence-corrected chi connectivity index (χ2v) is 6.95. The highest BCUT2D eigenvalue weighted by Crippen LogP contribution is 2.38. The van der Waals surface area contributed by atoms with Crippen molar-refractivity contribution in [3.63, 3.8) is 0 Å². The van der Waals surface area contributed by atoms with Crippen LogP contribution in [0.4, 0.5) is 10.8 Å². The summed E-state index contributed by atoms with van der Waals surface area (Å²) in [6.07, 6.45) is 6.15. The Morgan fingerprint density at radius 1 is 1.42 bits per heavy atom. The first kappa shape index (κ1) is 18.1. The van der Waals surface area contributed by atoms with Crippen molar-refractivity contribution < 1.29 is 19.2 Å². The molecule has 1 amide bonds. The van der Waals surface area contributed by atoms with E-state index in [-0.39, 0.29) is 24.9 Å². The van der Waals surface area contributed by atoms with E-state index in [0.29, 0.717) is 10.6 Å². The summed E-state index contributed by atoms with van der Waals surface area (Å²) in [5.74, 6) is -1.14. The minimum atomic E-state index is -0.624. The second kappa shape index (κ2) is 7.65. The van der Waals surface area contributed by atoms with E-state index in [1.54, 1.807) is 6.92 Å². The van der Waals surface area contributed by atoms with Crippen LogP contribution in [0.15, 0.2) is 12.5 Å². The van der Waals surface area contributed by atoms with Crippen molar-refractivity contribution in [2.24, 2.45) is 0 Å². The molecule has 1 aliphatic carbocycles. The van der Waals surface area contributed by atoms with Gasteiger partial charge in [0.05, 0.1) is 12.2 Å². The van der Waals surface area contributed by atoms with Gasteiger partial charge in [-0.1, -0.05) is 0 Å². The second-order valence-electron chi connectivity index (χ2n) is 5.84. The zero-order valence-electron chi connectivity index (χ0n) is 14.2. The van der Waals surface area contributed by atoms with Crippen LogP contribution < -0.4 is 5.32 Å². The normalized spacial score (nSPS) is 13.1. The molecule has 3 rings (SSSR count). The molecule has 0 saturated carbocycles. The van der Waals surface area contributed by atoms with E-state index < -0.39 is 10.9 Å². The number of nitrogens with one attached hydrogen (secondary N) is 1. The first-order valence-corrected chi connectivity index (χ1v) is 9.09. The number of hydrogen-bond acceptors (Lipinski definition) is 7. The number of aromatic nitrogens is 2. The van der Waals surface area contributed by atoms with Crippen LogP contribution in [0.25, 0.3) is 0 Å². The molecule has 1 N–H and O–H groups in total. The van der Waals surface area contributed by atoms with Gasteiger partial charge in [0.1, 0.15) is 17.7 Å². The number of thiophene rings is 1. The van der Waals surface area contributed by atoms with E-state index >= 15 is 0 Å². The summed E-state index contributed by atoms with van der Waals surface area (Å²) in [6.45, 7) is 1.86. The summed E-state index contributed by atoms with van der Waals surface area (Å²) in [6, 6.07) is 0. The number of imidazole rings is 1. The Balaban J connectivity index is 1.79. The van der Waals surface area contributed by atoms with E-state index in [2.05, 4.69) is 10.3 Å². The third kappa shape index (κ3) is 3.74. The number of carbonyl (C=O) groups excluding carboxylic acids is 2. The first-order valence-electron chi connectivity index (χ1n) is 8.27. The lowest BCUT2D eigenvalue weighted by Crippen LogP contribution is -2.19. The summed E-state index contributed by atoms with van der Waals surface area (Å²) in [5.41, 5.74) is 1.41. The van der Waals surface area contributed by atoms with Crippen molar-refractivity contribution >= 4 is 34.0 Å². The van der Waals surface area contributed by atoms with Crippen molar-refractivity contribution in [2.45, 2.75) is 39.2 Å². The largest absolute Gasteiger partial charge is 0.462 e. The van der Waals surface area contributed by atoms with Crippen LogP contribution in [0.2, 0.25) is 0 Å². The lowest BCUT2D eigenvalue weighted by molar-refractivity contribution is -0.389. The van der Waals surface area contributed by atoms with Gasteiger partial charge >= 0.3 is 11.8 Å². The number of esters is 1. The first-order chi connectivity index (χ1) is 12.5. The molecule has 10 heteroatoms. The van der Waals surface area contributed by atoms with Crippen LogP contribution in [-0.4, -0.2) is 33.0 Å². The predicted molar refractivity (Wildman–Crippen MR) is 94.4 cm³/mol. The Morgan fingerprint density at radius 3 is 2.88 bits per heavy atom. The Hall–Kier alpha value is -2.75. The van der Waals surface area contributed by atoms with Crippen LogP contribution in [-0.2, 0) is 28.9 Å². The Kier molecular flexibility index (Phi) is 5.31. The molecular formula is C16H18N4O5S. The molecule has 26 heavy (non-hydrogen) atoms. The fourth-order valence-electron chi connectivity index (χ4n) is 2.93. The molecule has 0 aromatic carbocycles. The molecule has 2 heterocycles. The molecule has 0 radical (unpaired) electrons. The Labute approximate surface area is 153 Å². The molecule has 0 spiro atoms. The third-order valence-corrected chi connectivity index (χ3v) is 5.24. The number of anilines is 1. The standard InChI is InChI=1S/C16H18N4O5S/c1-2-25-16(22)14-10-5-3-4-6-11(10)26-15(14)18-13(21)8-19-7-12(17-9-19)20(23)24/h7,9H,2-6,8H2,1H3,(H,18,21). The minimum absolute atomic E-state index is 0.133. The maximum atomic E-state index is 12.4. The van der Waals surface area contributed by atoms with E-state index in [1.807, 2.05) is 0 Å². The van der Waals surface area contributed by atoms with Gasteiger partial charge in [0.15, 0.2) is 0 Å². The molecule has 0 unspecified atom stereocenters. The Bertz CT molecular complexity index is 857. The molecule has 9 nitrogen and oxygen atoms in total. The molecular weight excluding hydrogens is 360 g/mol. The zero-order chi connectivity index (χ0) is 18.7. The van der Waals surface area contributed by atoms with E-state index in [4.69, 9.17) is 4.74 Å². The van der Waals surface area contributed by atoms with Gasteiger partial charge in [-0.25, -0.2) is 4.79 Å². The molecule has 138 valence electrons. The number of hydrogen-bond donors (Lipinski definition) is 1. The molecule has 1 aliphatic rings. The maximum Gasteiger partial charge on any atom is 0.381 e. The number of nitrogens with zero attached hydrogens (tertiary/aromatic N) is 3. The highest BCUT2D eigenvalue weighted by atomic mass is 32.1. The summed E-state index contributed by atoms with van der Waals surface area (Å²) < 4.78 is 6.47. The smallest absolute Gasteiger partial charge is 0.381 e. The average Bonchev–Trinajstić information content (AvgIpc) is 3.19. The molecule has 0 fully saturated rings. The molecule has 0 aliphatic heterocycles. The van der Waals surface area contributed by atoms with Crippen molar-refractivity contribution in [3.05, 3.63) is 38.6 Å². The average molecular weight is 378 g/mol. The van der Waals surface area contributed by atoms with Gasteiger partial charge in [0, 0.05) is 4.88 Å². The number of carbonyl (C=O) groups is 2. The molecule has 0 bridgehead atoms. The van der Waals surface area contributed by atoms with Crippen LogP contribution in [0, 0.1) is 10.1 Å². The number of amides is 1. The quantitative estimate of drug-likeness (QED) is 0.469. The van der Waals surface area contributed by atoms with Gasteiger partial charge in [-0.2, -0.15) is 0 Å². The highest BCUT2D eigenvalue weighted by molar-refractivity contribution is 7.17. The monoisotopic (exact) mass is 378 g/mol. The van der Waals surface area contributed by atoms with Gasteiger partial charge in [0.25, 0.3) is 0 Å². The topological polar surface area (TPSA) is 116 Å². The fourth-order valence-corrected chi connectivity index (χ4v) is 4.23. The van der Waals surface area contributed by atoms with E-state index in [0.717, 1.165) is 36.1 Å². The van der Waals surface area contributed by atoms with Crippen LogP contribution in [0.3, 0.4) is 0 Å². The van der Waals surface area contributed by atoms with Crippen molar-refractivity contribution in [1.29, 1.82) is 0 Å². The number of fused-ring (bicyclic) bond motifs is 1. The lowest BCUT2D eigenvalue weighted by atomic mass is 9.95. The highest BCUT2D eigenvalue weighted by Gasteiger charge is 2.27. The van der Waals surface area contributed by atoms with Gasteiger partial charge < -0.3 is 24.7 Å². The fraction of sp³-hybridized carbons (Fsp3) is 0.438. The van der Waals surface area contributed by atoms with Crippen molar-refractivity contribution in [2.75, 3.05) is 11.9 Å². The minimum Gasteiger partial charge on any atom is -0.462 e. The van der Waals surface area contributed by atoms with Crippen molar-refractivity contribution in [1.82, 2.24) is 9.55 Å². The van der Waals surface area contributed by atoms with Crippen LogP contribution >= 0.6 is 11.3 Å². The van der Waals surface area contributed by atoms with Gasteiger partial charge in [-0.3, -0.25) is 4.79 Å². The number of rotatable bonds is 6. The van der Waals surface area contributed by atoms with Crippen LogP contribution in [0.1, 0.15) is 40.6 Å². The van der Waals surface area contributed by atoms with Crippen molar-refractivity contribution in [3.8, 4) is 0 Å². The van der Waals surface area contributed by atoms with Gasteiger partial charge in [-0.05, 0) is 48.1 Å². The summed E-state index contributed by atoms with van der Waals surface area (Å²) in [5, 5.41) is 13.9. The number of nitro groups is 1. The molecule has 2 aromatic rings. The van der Waals surface area contributed by atoms with E-state index in [9.17, 15) is 19.7 Å². The van der Waals surface area contributed by atoms with Crippen LogP contribution in [0.5, 0.6) is 0 Å². The molecule has 2 aromatic heterocycles. The summed E-state index contributed by atoms with van der Waals surface area (Å²) in [7, 11) is 0. The summed E-state index contributed by atoms with van der Waals surface area (Å²) in [4.78, 5) is 39.4. The Morgan fingerprint density at radius 2 is 2.19 bits per heavy atom. The maximum absolute atomic E-state index is 12.4. The number of aryl methyl sites for hydroxylation is 1. The van der Waals surface area contributed by atoms with Gasteiger partial charge in [0.2, 0.25) is 12.2 Å². The van der Waals surface area contributed by atoms with E-state index in [1.165, 1.54) is 28.4 Å². The third-order valence-electron chi connectivity index (χ3n) is 4.04. The zero-order valence-corrected chi connectivity index (χ0v) is 15.0. The SMILES string of the molecule is CCOC(=O)c1c(NC(=O)Cn2cnc([N+](=O)[O-])c2)sc2c1CCCC2. The molecule has 0 atom stereocenters. The van der Waals surface area contributed by atoms with Gasteiger partial charge in [-0.15, -0.1) is 11.3 Å². The number of ether oxygens (including phenoxy) is 1. The summed E-state index contributed by atoms with van der Waals surface area (Å²) >= 11 is 1.40.